The van der Waals surface area contributed by atoms with E-state index in [0.717, 1.165) is 35.1 Å². The van der Waals surface area contributed by atoms with Crippen LogP contribution in [0.4, 0.5) is 0 Å². The van der Waals surface area contributed by atoms with E-state index in [1.165, 1.54) is 12.8 Å². The lowest BCUT2D eigenvalue weighted by atomic mass is 10.0. The van der Waals surface area contributed by atoms with Crippen LogP contribution < -0.4 is 5.32 Å². The molecule has 2 N–H and O–H groups in total. The van der Waals surface area contributed by atoms with Crippen LogP contribution in [0.2, 0.25) is 0 Å². The van der Waals surface area contributed by atoms with Crippen LogP contribution in [0.25, 0.3) is 22.6 Å². The van der Waals surface area contributed by atoms with Crippen LogP contribution in [-0.2, 0) is 11.3 Å². The number of hydrogen-bond acceptors (Lipinski definition) is 5. The summed E-state index contributed by atoms with van der Waals surface area (Å²) in [5.41, 5.74) is 5.68. The number of nitrogens with zero attached hydrogens (tertiary/aromatic N) is 3. The Morgan fingerprint density at radius 1 is 1.14 bits per heavy atom. The molecule has 2 aromatic heterocycles. The molecule has 3 aromatic rings. The highest BCUT2D eigenvalue weighted by Crippen LogP contribution is 2.39. The lowest BCUT2D eigenvalue weighted by molar-refractivity contribution is 0.0688. The van der Waals surface area contributed by atoms with Crippen molar-refractivity contribution in [1.29, 1.82) is 0 Å². The molecule has 8 nitrogen and oxygen atoms in total. The number of aryl methyl sites for hydroxylation is 1. The lowest BCUT2D eigenvalue weighted by Crippen LogP contribution is -2.39. The van der Waals surface area contributed by atoms with Crippen molar-refractivity contribution in [3.8, 4) is 22.6 Å². The van der Waals surface area contributed by atoms with E-state index in [0.29, 0.717) is 54.6 Å². The number of pyridine rings is 1. The third-order valence-corrected chi connectivity index (χ3v) is 7.73. The van der Waals surface area contributed by atoms with Crippen LogP contribution in [-0.4, -0.2) is 57.0 Å². The van der Waals surface area contributed by atoms with Gasteiger partial charge in [0.25, 0.3) is 11.8 Å². The summed E-state index contributed by atoms with van der Waals surface area (Å²) in [6.45, 7) is 6.02. The van der Waals surface area contributed by atoms with Crippen LogP contribution in [0, 0.1) is 12.8 Å². The summed E-state index contributed by atoms with van der Waals surface area (Å²) in [7, 11) is 0. The van der Waals surface area contributed by atoms with Gasteiger partial charge in [-0.05, 0) is 86.4 Å². The van der Waals surface area contributed by atoms with Gasteiger partial charge >= 0.3 is 0 Å². The minimum absolute atomic E-state index is 0.113. The molecule has 2 fully saturated rings. The van der Waals surface area contributed by atoms with E-state index in [4.69, 9.17) is 4.74 Å². The summed E-state index contributed by atoms with van der Waals surface area (Å²) in [6.07, 6.45) is 5.82. The van der Waals surface area contributed by atoms with Gasteiger partial charge in [-0.3, -0.25) is 14.6 Å². The van der Waals surface area contributed by atoms with Gasteiger partial charge in [0.05, 0.1) is 0 Å². The number of H-pyrrole nitrogens is 1. The Bertz CT molecular complexity index is 1320. The van der Waals surface area contributed by atoms with E-state index in [1.807, 2.05) is 36.1 Å². The summed E-state index contributed by atoms with van der Waals surface area (Å²) in [5, 5.41) is 3.07. The maximum absolute atomic E-state index is 12.9. The zero-order valence-corrected chi connectivity index (χ0v) is 20.7. The van der Waals surface area contributed by atoms with Crippen molar-refractivity contribution >= 4 is 11.8 Å². The largest absolute Gasteiger partial charge is 0.381 e. The number of carbonyl (C=O) groups is 2. The summed E-state index contributed by atoms with van der Waals surface area (Å²) in [4.78, 5) is 40.1. The molecule has 0 radical (unpaired) electrons. The molecule has 1 aromatic carbocycles. The van der Waals surface area contributed by atoms with Gasteiger partial charge in [0.2, 0.25) is 0 Å². The third-order valence-electron chi connectivity index (χ3n) is 7.73. The predicted octanol–water partition coefficient (Wildman–Crippen LogP) is 4.11. The van der Waals surface area contributed by atoms with Crippen molar-refractivity contribution in [2.45, 2.75) is 58.2 Å². The fourth-order valence-electron chi connectivity index (χ4n) is 5.32. The Labute approximate surface area is 210 Å². The second kappa shape index (κ2) is 9.17. The van der Waals surface area contributed by atoms with Gasteiger partial charge in [0.15, 0.2) is 5.82 Å². The van der Waals surface area contributed by atoms with E-state index in [9.17, 15) is 9.59 Å². The summed E-state index contributed by atoms with van der Waals surface area (Å²) in [5.74, 6) is 1.17. The van der Waals surface area contributed by atoms with E-state index < -0.39 is 0 Å². The van der Waals surface area contributed by atoms with Crippen molar-refractivity contribution in [2.75, 3.05) is 13.2 Å². The highest BCUT2D eigenvalue weighted by Gasteiger charge is 2.38. The maximum atomic E-state index is 12.9. The van der Waals surface area contributed by atoms with Gasteiger partial charge in [-0.15, -0.1) is 0 Å². The summed E-state index contributed by atoms with van der Waals surface area (Å²) >= 11 is 0. The number of nitrogens with one attached hydrogen (secondary N) is 2. The Kier molecular flexibility index (Phi) is 5.84. The SMILES string of the molecule is Cc1[nH]c(-c2cc(-c3ccc4c(c3)CN(C(C)C3CC3)C4=O)ccn2)nc1C(=O)NC1CCOCC1. The van der Waals surface area contributed by atoms with Gasteiger partial charge in [-0.25, -0.2) is 4.98 Å². The second-order valence-electron chi connectivity index (χ2n) is 10.2. The number of amides is 2. The fraction of sp³-hybridized carbons (Fsp3) is 0.429. The zero-order valence-electron chi connectivity index (χ0n) is 20.7. The summed E-state index contributed by atoms with van der Waals surface area (Å²) < 4.78 is 5.38. The zero-order chi connectivity index (χ0) is 24.8. The Balaban J connectivity index is 1.22. The molecule has 1 atom stereocenters. The number of aromatic amines is 1. The molecule has 186 valence electrons. The molecule has 3 aliphatic rings. The van der Waals surface area contributed by atoms with Crippen LogP contribution in [0.15, 0.2) is 36.5 Å². The maximum Gasteiger partial charge on any atom is 0.271 e. The van der Waals surface area contributed by atoms with Crippen molar-refractivity contribution < 1.29 is 14.3 Å². The number of carbonyl (C=O) groups excluding carboxylic acids is 2. The highest BCUT2D eigenvalue weighted by molar-refractivity contribution is 5.99. The first-order valence-electron chi connectivity index (χ1n) is 12.8. The molecule has 0 spiro atoms. The molecule has 0 bridgehead atoms. The van der Waals surface area contributed by atoms with Crippen LogP contribution in [0.5, 0.6) is 0 Å². The van der Waals surface area contributed by atoms with E-state index in [-0.39, 0.29) is 17.9 Å². The second-order valence-corrected chi connectivity index (χ2v) is 10.2. The third kappa shape index (κ3) is 4.30. The lowest BCUT2D eigenvalue weighted by Gasteiger charge is -2.23. The Morgan fingerprint density at radius 3 is 2.69 bits per heavy atom. The van der Waals surface area contributed by atoms with Crippen molar-refractivity contribution in [3.63, 3.8) is 0 Å². The number of hydrogen-bond donors (Lipinski definition) is 2. The van der Waals surface area contributed by atoms with Crippen molar-refractivity contribution in [1.82, 2.24) is 25.2 Å². The normalized spacial score (nSPS) is 18.8. The molecular formula is C28H31N5O3. The predicted molar refractivity (Wildman–Crippen MR) is 135 cm³/mol. The molecule has 1 saturated heterocycles. The first-order chi connectivity index (χ1) is 17.5. The summed E-state index contributed by atoms with van der Waals surface area (Å²) in [6, 6.07) is 10.4. The molecule has 1 saturated carbocycles. The molecule has 36 heavy (non-hydrogen) atoms. The quantitative estimate of drug-likeness (QED) is 0.547. The molecule has 1 unspecified atom stereocenters. The molecule has 6 rings (SSSR count). The van der Waals surface area contributed by atoms with Crippen molar-refractivity contribution in [3.05, 3.63) is 59.0 Å². The van der Waals surface area contributed by atoms with Crippen LogP contribution in [0.1, 0.15) is 64.7 Å². The smallest absolute Gasteiger partial charge is 0.271 e. The van der Waals surface area contributed by atoms with Gasteiger partial charge in [0, 0.05) is 49.3 Å². The number of fused-ring (bicyclic) bond motifs is 1. The average molecular weight is 486 g/mol. The van der Waals surface area contributed by atoms with E-state index in [1.54, 1.807) is 6.20 Å². The van der Waals surface area contributed by atoms with Gasteiger partial charge < -0.3 is 19.9 Å². The highest BCUT2D eigenvalue weighted by atomic mass is 16.5. The number of rotatable bonds is 6. The Morgan fingerprint density at radius 2 is 1.92 bits per heavy atom. The molecule has 2 aliphatic heterocycles. The number of imidazole rings is 1. The topological polar surface area (TPSA) is 100 Å². The minimum Gasteiger partial charge on any atom is -0.381 e. The molecule has 8 heteroatoms. The van der Waals surface area contributed by atoms with Crippen LogP contribution in [0.3, 0.4) is 0 Å². The first kappa shape index (κ1) is 22.9. The fourth-order valence-corrected chi connectivity index (χ4v) is 5.32. The molecule has 1 aliphatic carbocycles. The Hall–Kier alpha value is -3.52. The van der Waals surface area contributed by atoms with Gasteiger partial charge in [0.1, 0.15) is 11.4 Å². The molecule has 4 heterocycles. The van der Waals surface area contributed by atoms with Crippen LogP contribution >= 0.6 is 0 Å². The van der Waals surface area contributed by atoms with Crippen molar-refractivity contribution in [2.24, 2.45) is 5.92 Å². The standard InChI is InChI=1S/C28H31N5O3/c1-16-25(27(34)31-22-8-11-36-12-9-22)32-26(30-16)24-14-20(7-10-29-24)19-5-6-23-21(13-19)15-33(28(23)35)17(2)18-3-4-18/h5-7,10,13-14,17-18,22H,3-4,8-9,11-12,15H2,1-2H3,(H,30,32)(H,31,34). The van der Waals surface area contributed by atoms with Gasteiger partial charge in [-0.1, -0.05) is 6.07 Å². The first-order valence-corrected chi connectivity index (χ1v) is 12.8. The molecule has 2 amide bonds. The van der Waals surface area contributed by atoms with E-state index in [2.05, 4.69) is 33.3 Å². The number of aromatic nitrogens is 3. The van der Waals surface area contributed by atoms with Gasteiger partial charge in [-0.2, -0.15) is 0 Å². The molecular weight excluding hydrogens is 454 g/mol. The number of ether oxygens (including phenoxy) is 1. The monoisotopic (exact) mass is 485 g/mol. The average Bonchev–Trinajstić information content (AvgIpc) is 3.60. The van der Waals surface area contributed by atoms with E-state index >= 15 is 0 Å². The number of benzene rings is 1. The minimum atomic E-state index is -0.175.